The summed E-state index contributed by atoms with van der Waals surface area (Å²) in [7, 11) is 1.73. The number of hydrogen-bond donors (Lipinski definition) is 1. The third-order valence-electron chi connectivity index (χ3n) is 1.86. The Balaban J connectivity index is 3.91. The Kier molecular flexibility index (Phi) is 3.43. The molecule has 0 aromatic rings. The molecule has 0 aliphatic rings. The molecule has 0 rings (SSSR count). The van der Waals surface area contributed by atoms with Gasteiger partial charge < -0.3 is 4.84 Å². The van der Waals surface area contributed by atoms with Crippen molar-refractivity contribution in [2.45, 2.75) is 27.2 Å². The van der Waals surface area contributed by atoms with E-state index in [4.69, 9.17) is 4.84 Å². The third-order valence-corrected chi connectivity index (χ3v) is 1.86. The van der Waals surface area contributed by atoms with E-state index < -0.39 is 0 Å². The van der Waals surface area contributed by atoms with Crippen LogP contribution >= 0.6 is 0 Å². The summed E-state index contributed by atoms with van der Waals surface area (Å²) >= 11 is 0. The highest BCUT2D eigenvalue weighted by molar-refractivity contribution is 4.97. The fraction of sp³-hybridized carbons (Fsp3) is 0.750. The topological polar surface area (TPSA) is 21.3 Å². The van der Waals surface area contributed by atoms with Gasteiger partial charge in [-0.2, -0.15) is 5.48 Å². The van der Waals surface area contributed by atoms with Crippen molar-refractivity contribution in [2.24, 2.45) is 5.41 Å². The van der Waals surface area contributed by atoms with E-state index in [1.807, 2.05) is 0 Å². The molecule has 0 saturated heterocycles. The van der Waals surface area contributed by atoms with E-state index >= 15 is 0 Å². The summed E-state index contributed by atoms with van der Waals surface area (Å²) in [6, 6.07) is 0. The maximum atomic E-state index is 5.05. The van der Waals surface area contributed by atoms with Crippen LogP contribution in [0.25, 0.3) is 0 Å². The van der Waals surface area contributed by atoms with Crippen molar-refractivity contribution in [2.75, 3.05) is 7.05 Å². The van der Waals surface area contributed by atoms with Gasteiger partial charge in [-0.15, -0.1) is 0 Å². The SMILES string of the molecule is C=C(ONC)C(C)(C)CC. The molecular formula is C8H17NO. The molecule has 2 nitrogen and oxygen atoms in total. The Hall–Kier alpha value is -0.500. The highest BCUT2D eigenvalue weighted by Crippen LogP contribution is 2.28. The molecule has 0 amide bonds. The van der Waals surface area contributed by atoms with Crippen LogP contribution in [0, 0.1) is 5.41 Å². The van der Waals surface area contributed by atoms with Crippen LogP contribution in [0.1, 0.15) is 27.2 Å². The van der Waals surface area contributed by atoms with Crippen molar-refractivity contribution in [3.05, 3.63) is 12.3 Å². The molecule has 0 aromatic heterocycles. The first-order chi connectivity index (χ1) is 4.54. The molecule has 10 heavy (non-hydrogen) atoms. The molecule has 0 aliphatic heterocycles. The van der Waals surface area contributed by atoms with Gasteiger partial charge in [0.15, 0.2) is 0 Å². The molecule has 0 spiro atoms. The van der Waals surface area contributed by atoms with E-state index in [-0.39, 0.29) is 5.41 Å². The number of hydroxylamine groups is 1. The molecule has 0 fully saturated rings. The molecule has 0 aliphatic carbocycles. The summed E-state index contributed by atoms with van der Waals surface area (Å²) in [5, 5.41) is 0. The van der Waals surface area contributed by atoms with Crippen LogP contribution < -0.4 is 5.48 Å². The maximum Gasteiger partial charge on any atom is 0.122 e. The molecule has 0 heterocycles. The van der Waals surface area contributed by atoms with E-state index in [9.17, 15) is 0 Å². The summed E-state index contributed by atoms with van der Waals surface area (Å²) in [6.07, 6.45) is 1.04. The van der Waals surface area contributed by atoms with Crippen molar-refractivity contribution >= 4 is 0 Å². The van der Waals surface area contributed by atoms with Crippen LogP contribution in [0.2, 0.25) is 0 Å². The van der Waals surface area contributed by atoms with Crippen LogP contribution in [-0.4, -0.2) is 7.05 Å². The zero-order valence-electron chi connectivity index (χ0n) is 7.32. The quantitative estimate of drug-likeness (QED) is 0.480. The average molecular weight is 143 g/mol. The number of rotatable bonds is 4. The van der Waals surface area contributed by atoms with E-state index in [2.05, 4.69) is 32.8 Å². The Morgan fingerprint density at radius 3 is 2.40 bits per heavy atom. The van der Waals surface area contributed by atoms with Gasteiger partial charge in [0.1, 0.15) is 5.76 Å². The van der Waals surface area contributed by atoms with Crippen LogP contribution in [0.15, 0.2) is 12.3 Å². The minimum Gasteiger partial charge on any atom is -0.414 e. The Morgan fingerprint density at radius 1 is 1.60 bits per heavy atom. The largest absolute Gasteiger partial charge is 0.414 e. The molecular weight excluding hydrogens is 126 g/mol. The van der Waals surface area contributed by atoms with Gasteiger partial charge in [0, 0.05) is 12.5 Å². The molecule has 60 valence electrons. The maximum absolute atomic E-state index is 5.05. The summed E-state index contributed by atoms with van der Waals surface area (Å²) in [5.41, 5.74) is 2.68. The van der Waals surface area contributed by atoms with Crippen LogP contribution in [-0.2, 0) is 4.84 Å². The molecule has 0 aromatic carbocycles. The molecule has 0 unspecified atom stereocenters. The fourth-order valence-electron chi connectivity index (χ4n) is 0.459. The fourth-order valence-corrected chi connectivity index (χ4v) is 0.459. The molecule has 0 saturated carbocycles. The van der Waals surface area contributed by atoms with Gasteiger partial charge in [-0.25, -0.2) is 0 Å². The molecule has 0 atom stereocenters. The monoisotopic (exact) mass is 143 g/mol. The molecule has 0 bridgehead atoms. The van der Waals surface area contributed by atoms with Crippen molar-refractivity contribution in [3.8, 4) is 0 Å². The Morgan fingerprint density at radius 2 is 2.10 bits per heavy atom. The predicted molar refractivity (Wildman–Crippen MR) is 43.4 cm³/mol. The summed E-state index contributed by atoms with van der Waals surface area (Å²) in [6.45, 7) is 10.1. The first-order valence-corrected chi connectivity index (χ1v) is 3.57. The van der Waals surface area contributed by atoms with Crippen molar-refractivity contribution in [3.63, 3.8) is 0 Å². The minimum absolute atomic E-state index is 0.0724. The van der Waals surface area contributed by atoms with Crippen LogP contribution in [0.4, 0.5) is 0 Å². The lowest BCUT2D eigenvalue weighted by molar-refractivity contribution is 0.0762. The smallest absolute Gasteiger partial charge is 0.122 e. The second-order valence-electron chi connectivity index (χ2n) is 2.97. The number of allylic oxidation sites excluding steroid dienone is 1. The first-order valence-electron chi connectivity index (χ1n) is 3.57. The summed E-state index contributed by atoms with van der Waals surface area (Å²) < 4.78 is 0. The van der Waals surface area contributed by atoms with Gasteiger partial charge in [-0.3, -0.25) is 0 Å². The first kappa shape index (κ1) is 9.50. The van der Waals surface area contributed by atoms with Gasteiger partial charge in [0.25, 0.3) is 0 Å². The van der Waals surface area contributed by atoms with Crippen molar-refractivity contribution in [1.29, 1.82) is 0 Å². The Bertz CT molecular complexity index is 118. The zero-order valence-corrected chi connectivity index (χ0v) is 7.32. The Labute approximate surface area is 63.2 Å². The van der Waals surface area contributed by atoms with Gasteiger partial charge in [0.2, 0.25) is 0 Å². The van der Waals surface area contributed by atoms with E-state index in [0.29, 0.717) is 0 Å². The summed E-state index contributed by atoms with van der Waals surface area (Å²) in [4.78, 5) is 5.05. The predicted octanol–water partition coefficient (Wildman–Crippen LogP) is 2.09. The highest BCUT2D eigenvalue weighted by atomic mass is 16.6. The minimum atomic E-state index is 0.0724. The lowest BCUT2D eigenvalue weighted by atomic mass is 9.89. The standard InChI is InChI=1S/C8H17NO/c1-6-8(3,4)7(2)10-9-5/h9H,2,6H2,1,3-5H3. The number of hydrogen-bond acceptors (Lipinski definition) is 2. The van der Waals surface area contributed by atoms with Crippen molar-refractivity contribution in [1.82, 2.24) is 5.48 Å². The van der Waals surface area contributed by atoms with E-state index in [0.717, 1.165) is 12.2 Å². The average Bonchev–Trinajstić information content (AvgIpc) is 1.89. The molecule has 1 N–H and O–H groups in total. The van der Waals surface area contributed by atoms with Gasteiger partial charge >= 0.3 is 0 Å². The van der Waals surface area contributed by atoms with Crippen LogP contribution in [0.3, 0.4) is 0 Å². The highest BCUT2D eigenvalue weighted by Gasteiger charge is 2.20. The normalized spacial score (nSPS) is 11.2. The molecule has 2 heteroatoms. The lowest BCUT2D eigenvalue weighted by Gasteiger charge is -2.24. The van der Waals surface area contributed by atoms with E-state index in [1.165, 1.54) is 0 Å². The second kappa shape index (κ2) is 3.62. The number of nitrogens with one attached hydrogen (secondary N) is 1. The third kappa shape index (κ3) is 2.40. The van der Waals surface area contributed by atoms with Crippen molar-refractivity contribution < 1.29 is 4.84 Å². The zero-order chi connectivity index (χ0) is 8.20. The lowest BCUT2D eigenvalue weighted by Crippen LogP contribution is -2.19. The van der Waals surface area contributed by atoms with Gasteiger partial charge in [0.05, 0.1) is 0 Å². The second-order valence-corrected chi connectivity index (χ2v) is 2.97. The van der Waals surface area contributed by atoms with Gasteiger partial charge in [-0.1, -0.05) is 27.4 Å². The summed E-state index contributed by atoms with van der Waals surface area (Å²) in [5.74, 6) is 0.789. The van der Waals surface area contributed by atoms with E-state index in [1.54, 1.807) is 7.05 Å². The van der Waals surface area contributed by atoms with Gasteiger partial charge in [-0.05, 0) is 6.42 Å². The molecule has 0 radical (unpaired) electrons. The van der Waals surface area contributed by atoms with Crippen LogP contribution in [0.5, 0.6) is 0 Å².